The molecule has 2 N–H and O–H groups in total. The lowest BCUT2D eigenvalue weighted by Crippen LogP contribution is -2.41. The van der Waals surface area contributed by atoms with Crippen LogP contribution in [0.1, 0.15) is 42.2 Å². The van der Waals surface area contributed by atoms with Gasteiger partial charge in [0.2, 0.25) is 11.8 Å². The molecule has 2 amide bonds. The van der Waals surface area contributed by atoms with Gasteiger partial charge in [0, 0.05) is 42.9 Å². The highest BCUT2D eigenvalue weighted by molar-refractivity contribution is 7.10. The first kappa shape index (κ1) is 21.8. The maximum Gasteiger partial charge on any atom is 0.304 e. The number of aliphatic carboxylic acids is 1. The highest BCUT2D eigenvalue weighted by Crippen LogP contribution is 2.27. The van der Waals surface area contributed by atoms with Gasteiger partial charge >= 0.3 is 5.97 Å². The average molecular weight is 431 g/mol. The van der Waals surface area contributed by atoms with Crippen molar-refractivity contribution in [2.24, 2.45) is 5.92 Å². The maximum absolute atomic E-state index is 12.4. The number of carboxylic acids is 1. The van der Waals surface area contributed by atoms with Gasteiger partial charge in [0.05, 0.1) is 12.7 Å². The molecular weight excluding hydrogens is 404 g/mol. The summed E-state index contributed by atoms with van der Waals surface area (Å²) in [4.78, 5) is 38.5. The van der Waals surface area contributed by atoms with E-state index in [-0.39, 0.29) is 30.6 Å². The van der Waals surface area contributed by atoms with Crippen LogP contribution in [0.15, 0.2) is 46.4 Å². The molecular formula is C22H26N2O5S. The number of piperidine rings is 1. The van der Waals surface area contributed by atoms with E-state index in [9.17, 15) is 14.4 Å². The van der Waals surface area contributed by atoms with E-state index in [4.69, 9.17) is 9.52 Å². The number of carboxylic acid groups (broad SMARTS) is 1. The summed E-state index contributed by atoms with van der Waals surface area (Å²) in [6.45, 7) is 1.85. The van der Waals surface area contributed by atoms with Crippen molar-refractivity contribution in [3.63, 3.8) is 0 Å². The van der Waals surface area contributed by atoms with E-state index in [0.29, 0.717) is 31.3 Å². The Labute approximate surface area is 179 Å². The minimum atomic E-state index is -0.903. The van der Waals surface area contributed by atoms with E-state index in [0.717, 1.165) is 17.7 Å². The van der Waals surface area contributed by atoms with Crippen molar-refractivity contribution in [2.45, 2.75) is 31.6 Å². The Morgan fingerprint density at radius 3 is 2.67 bits per heavy atom. The van der Waals surface area contributed by atoms with E-state index in [2.05, 4.69) is 5.32 Å². The molecule has 2 aromatic heterocycles. The van der Waals surface area contributed by atoms with Crippen LogP contribution in [0, 0.1) is 5.92 Å². The van der Waals surface area contributed by atoms with Crippen molar-refractivity contribution >= 4 is 35.2 Å². The molecule has 0 bridgehead atoms. The first-order valence-corrected chi connectivity index (χ1v) is 10.9. The van der Waals surface area contributed by atoms with Crippen LogP contribution in [0.5, 0.6) is 0 Å². The number of nitrogens with zero attached hydrogens (tertiary/aromatic N) is 1. The summed E-state index contributed by atoms with van der Waals surface area (Å²) in [5.41, 5.74) is 0. The molecule has 0 radical (unpaired) electrons. The molecule has 1 aliphatic heterocycles. The second-order valence-electron chi connectivity index (χ2n) is 7.44. The molecule has 3 rings (SSSR count). The molecule has 1 saturated heterocycles. The van der Waals surface area contributed by atoms with Crippen molar-refractivity contribution in [1.29, 1.82) is 0 Å². The second-order valence-corrected chi connectivity index (χ2v) is 8.42. The Morgan fingerprint density at radius 1 is 1.23 bits per heavy atom. The van der Waals surface area contributed by atoms with Crippen LogP contribution in [0.2, 0.25) is 0 Å². The minimum Gasteiger partial charge on any atom is -0.481 e. The van der Waals surface area contributed by atoms with E-state index in [1.54, 1.807) is 29.4 Å². The van der Waals surface area contributed by atoms with Crippen molar-refractivity contribution in [2.75, 3.05) is 19.6 Å². The van der Waals surface area contributed by atoms with Gasteiger partial charge in [-0.3, -0.25) is 14.4 Å². The molecule has 0 saturated carbocycles. The van der Waals surface area contributed by atoms with Gasteiger partial charge in [0.15, 0.2) is 0 Å². The van der Waals surface area contributed by atoms with Crippen LogP contribution in [-0.2, 0) is 14.4 Å². The SMILES string of the molecule is O=C(O)CC(CC(=O)NCC1CCN(C(=O)/C=C/c2ccco2)CC1)c1cccs1. The minimum absolute atomic E-state index is 0.0404. The summed E-state index contributed by atoms with van der Waals surface area (Å²) < 4.78 is 5.19. The normalized spacial score (nSPS) is 15.9. The average Bonchev–Trinajstić information content (AvgIpc) is 3.44. The fourth-order valence-corrected chi connectivity index (χ4v) is 4.39. The van der Waals surface area contributed by atoms with Crippen LogP contribution in [0.4, 0.5) is 0 Å². The van der Waals surface area contributed by atoms with Gasteiger partial charge in [0.1, 0.15) is 5.76 Å². The summed E-state index contributed by atoms with van der Waals surface area (Å²) in [5.74, 6) is -0.422. The Kier molecular flexibility index (Phi) is 7.84. The van der Waals surface area contributed by atoms with Gasteiger partial charge in [0.25, 0.3) is 0 Å². The predicted molar refractivity (Wildman–Crippen MR) is 114 cm³/mol. The van der Waals surface area contributed by atoms with Gasteiger partial charge in [-0.2, -0.15) is 0 Å². The van der Waals surface area contributed by atoms with Gasteiger partial charge in [-0.1, -0.05) is 6.07 Å². The Balaban J connectivity index is 1.40. The van der Waals surface area contributed by atoms with E-state index >= 15 is 0 Å². The molecule has 30 heavy (non-hydrogen) atoms. The topological polar surface area (TPSA) is 99.8 Å². The zero-order chi connectivity index (χ0) is 21.3. The van der Waals surface area contributed by atoms with Gasteiger partial charge in [-0.25, -0.2) is 0 Å². The number of rotatable bonds is 9. The molecule has 1 aliphatic rings. The summed E-state index contributed by atoms with van der Waals surface area (Å²) in [7, 11) is 0. The smallest absolute Gasteiger partial charge is 0.304 e. The number of hydrogen-bond acceptors (Lipinski definition) is 5. The van der Waals surface area contributed by atoms with Crippen LogP contribution in [-0.4, -0.2) is 47.4 Å². The van der Waals surface area contributed by atoms with Gasteiger partial charge < -0.3 is 19.7 Å². The molecule has 2 aromatic rings. The third-order valence-corrected chi connectivity index (χ3v) is 6.28. The molecule has 1 unspecified atom stereocenters. The third kappa shape index (κ3) is 6.59. The number of nitrogens with one attached hydrogen (secondary N) is 1. The van der Waals surface area contributed by atoms with Crippen LogP contribution in [0.3, 0.4) is 0 Å². The summed E-state index contributed by atoms with van der Waals surface area (Å²) in [6, 6.07) is 7.30. The number of carbonyl (C=O) groups excluding carboxylic acids is 2. The highest BCUT2D eigenvalue weighted by atomic mass is 32.1. The molecule has 0 aromatic carbocycles. The fourth-order valence-electron chi connectivity index (χ4n) is 3.56. The quantitative estimate of drug-likeness (QED) is 0.594. The molecule has 1 atom stereocenters. The van der Waals surface area contributed by atoms with E-state index in [1.807, 2.05) is 17.5 Å². The highest BCUT2D eigenvalue weighted by Gasteiger charge is 2.24. The lowest BCUT2D eigenvalue weighted by atomic mass is 9.95. The maximum atomic E-state index is 12.4. The number of likely N-dealkylation sites (tertiary alicyclic amines) is 1. The van der Waals surface area contributed by atoms with Crippen molar-refractivity contribution in [3.8, 4) is 0 Å². The third-order valence-electron chi connectivity index (χ3n) is 5.25. The monoisotopic (exact) mass is 430 g/mol. The molecule has 0 spiro atoms. The Bertz CT molecular complexity index is 852. The van der Waals surface area contributed by atoms with Crippen LogP contribution < -0.4 is 5.32 Å². The summed E-state index contributed by atoms with van der Waals surface area (Å²) in [5, 5.41) is 14.0. The van der Waals surface area contributed by atoms with Crippen molar-refractivity contribution in [3.05, 3.63) is 52.6 Å². The van der Waals surface area contributed by atoms with Crippen LogP contribution in [0.25, 0.3) is 6.08 Å². The predicted octanol–water partition coefficient (Wildman–Crippen LogP) is 3.36. The number of amides is 2. The number of furan rings is 1. The first-order valence-electron chi connectivity index (χ1n) is 10.0. The molecule has 8 heteroatoms. The van der Waals surface area contributed by atoms with Crippen molar-refractivity contribution < 1.29 is 23.9 Å². The molecule has 1 fully saturated rings. The number of hydrogen-bond donors (Lipinski definition) is 2. The van der Waals surface area contributed by atoms with E-state index in [1.165, 1.54) is 17.4 Å². The molecule has 0 aliphatic carbocycles. The fraction of sp³-hybridized carbons (Fsp3) is 0.409. The van der Waals surface area contributed by atoms with E-state index < -0.39 is 5.97 Å². The number of carbonyl (C=O) groups is 3. The zero-order valence-electron chi connectivity index (χ0n) is 16.7. The Hall–Kier alpha value is -2.87. The standard InChI is InChI=1S/C22H26N2O5S/c25-20(13-17(14-22(27)28)19-4-2-12-30-19)23-15-16-7-9-24(10-8-16)21(26)6-5-18-3-1-11-29-18/h1-6,11-12,16-17H,7-10,13-15H2,(H,23,25)(H,27,28)/b6-5+. The summed E-state index contributed by atoms with van der Waals surface area (Å²) in [6.07, 6.45) is 6.51. The molecule has 7 nitrogen and oxygen atoms in total. The molecule has 160 valence electrons. The summed E-state index contributed by atoms with van der Waals surface area (Å²) >= 11 is 1.47. The lowest BCUT2D eigenvalue weighted by Gasteiger charge is -2.31. The van der Waals surface area contributed by atoms with Crippen molar-refractivity contribution in [1.82, 2.24) is 10.2 Å². The number of thiophene rings is 1. The van der Waals surface area contributed by atoms with Gasteiger partial charge in [-0.05, 0) is 48.4 Å². The largest absolute Gasteiger partial charge is 0.481 e. The second kappa shape index (κ2) is 10.8. The lowest BCUT2D eigenvalue weighted by molar-refractivity contribution is -0.137. The Morgan fingerprint density at radius 2 is 2.03 bits per heavy atom. The van der Waals surface area contributed by atoms with Gasteiger partial charge in [-0.15, -0.1) is 11.3 Å². The van der Waals surface area contributed by atoms with Crippen LogP contribution >= 0.6 is 11.3 Å². The zero-order valence-corrected chi connectivity index (χ0v) is 17.5. The molecule has 3 heterocycles. The first-order chi connectivity index (χ1) is 14.5.